The van der Waals surface area contributed by atoms with Crippen LogP contribution >= 0.6 is 0 Å². The molecule has 0 unspecified atom stereocenters. The van der Waals surface area contributed by atoms with Crippen molar-refractivity contribution in [3.63, 3.8) is 0 Å². The Hall–Kier alpha value is -3.40. The van der Waals surface area contributed by atoms with Crippen LogP contribution in [-0.2, 0) is 0 Å². The Bertz CT molecular complexity index is 1120. The fraction of sp³-hybridized carbons (Fsp3) is 0.368. The number of fused-ring (bicyclic) bond motifs is 1. The van der Waals surface area contributed by atoms with Crippen LogP contribution in [0.5, 0.6) is 0 Å². The molecular formula is C19H23N7O3. The molecule has 1 saturated carbocycles. The second-order valence-electron chi connectivity index (χ2n) is 7.11. The zero-order valence-electron chi connectivity index (χ0n) is 16.0. The first kappa shape index (κ1) is 18.9. The Morgan fingerprint density at radius 2 is 2.14 bits per heavy atom. The summed E-state index contributed by atoms with van der Waals surface area (Å²) < 4.78 is 3.05. The molecule has 10 nitrogen and oxygen atoms in total. The van der Waals surface area contributed by atoms with Gasteiger partial charge >= 0.3 is 0 Å². The van der Waals surface area contributed by atoms with E-state index in [0.717, 1.165) is 19.3 Å². The Kier molecular flexibility index (Phi) is 4.93. The third-order valence-electron chi connectivity index (χ3n) is 5.28. The number of nitrogens with one attached hydrogen (secondary N) is 2. The second kappa shape index (κ2) is 7.55. The minimum atomic E-state index is -0.639. The lowest BCUT2D eigenvalue weighted by Crippen LogP contribution is -2.34. The molecule has 1 aliphatic carbocycles. The van der Waals surface area contributed by atoms with Gasteiger partial charge in [-0.3, -0.25) is 9.59 Å². The van der Waals surface area contributed by atoms with Crippen LogP contribution in [0, 0.1) is 0 Å². The first-order valence-electron chi connectivity index (χ1n) is 9.52. The average molecular weight is 397 g/mol. The van der Waals surface area contributed by atoms with E-state index in [1.54, 1.807) is 36.0 Å². The first-order valence-corrected chi connectivity index (χ1v) is 9.52. The third kappa shape index (κ3) is 3.42. The van der Waals surface area contributed by atoms with Gasteiger partial charge in [-0.2, -0.15) is 9.61 Å². The maximum absolute atomic E-state index is 13.0. The fourth-order valence-corrected chi connectivity index (χ4v) is 3.80. The topological polar surface area (TPSA) is 140 Å². The van der Waals surface area contributed by atoms with Gasteiger partial charge in [0.2, 0.25) is 0 Å². The minimum Gasteiger partial charge on any atom is -0.391 e. The second-order valence-corrected chi connectivity index (χ2v) is 7.11. The number of aliphatic hydroxyl groups excluding tert-OH is 1. The minimum absolute atomic E-state index is 0.181. The van der Waals surface area contributed by atoms with Crippen LogP contribution in [0.15, 0.2) is 35.4 Å². The molecule has 0 saturated heterocycles. The van der Waals surface area contributed by atoms with E-state index in [2.05, 4.69) is 20.7 Å². The molecule has 3 aromatic heterocycles. The molecule has 0 aliphatic heterocycles. The zero-order valence-corrected chi connectivity index (χ0v) is 16.0. The van der Waals surface area contributed by atoms with Crippen molar-refractivity contribution in [2.75, 3.05) is 17.7 Å². The van der Waals surface area contributed by atoms with Crippen LogP contribution < -0.4 is 21.9 Å². The summed E-state index contributed by atoms with van der Waals surface area (Å²) >= 11 is 0. The molecule has 0 spiro atoms. The number of carbonyl (C=O) groups is 1. The summed E-state index contributed by atoms with van der Waals surface area (Å²) in [5.41, 5.74) is 5.95. The summed E-state index contributed by atoms with van der Waals surface area (Å²) in [6.07, 6.45) is 5.92. The van der Waals surface area contributed by atoms with Crippen LogP contribution in [0.3, 0.4) is 0 Å². The summed E-state index contributed by atoms with van der Waals surface area (Å²) in [4.78, 5) is 29.1. The lowest BCUT2D eigenvalue weighted by atomic mass is 9.92. The van der Waals surface area contributed by atoms with E-state index in [0.29, 0.717) is 23.7 Å². The number of primary amides is 1. The predicted molar refractivity (Wildman–Crippen MR) is 109 cm³/mol. The van der Waals surface area contributed by atoms with Gasteiger partial charge in [0, 0.05) is 19.3 Å². The molecule has 0 radical (unpaired) electrons. The molecular weight excluding hydrogens is 374 g/mol. The van der Waals surface area contributed by atoms with Crippen molar-refractivity contribution >= 4 is 28.9 Å². The molecule has 4 rings (SSSR count). The summed E-state index contributed by atoms with van der Waals surface area (Å²) in [5, 5.41) is 20.5. The van der Waals surface area contributed by atoms with Gasteiger partial charge in [-0.25, -0.2) is 4.98 Å². The van der Waals surface area contributed by atoms with Crippen molar-refractivity contribution in [1.29, 1.82) is 0 Å². The molecule has 3 heterocycles. The van der Waals surface area contributed by atoms with Crippen molar-refractivity contribution in [2.45, 2.75) is 37.8 Å². The number of anilines is 3. The Labute approximate surface area is 166 Å². The van der Waals surface area contributed by atoms with Gasteiger partial charge in [-0.15, -0.1) is 0 Å². The van der Waals surface area contributed by atoms with E-state index in [9.17, 15) is 14.7 Å². The fourth-order valence-electron chi connectivity index (χ4n) is 3.80. The lowest BCUT2D eigenvalue weighted by molar-refractivity contribution is 0.0739. The summed E-state index contributed by atoms with van der Waals surface area (Å²) in [6, 6.07) is 4.86. The summed E-state index contributed by atoms with van der Waals surface area (Å²) in [5.74, 6) is 0.299. The number of pyridine rings is 1. The summed E-state index contributed by atoms with van der Waals surface area (Å²) in [7, 11) is 1.71. The largest absolute Gasteiger partial charge is 0.391 e. The number of rotatable bonds is 5. The highest BCUT2D eigenvalue weighted by atomic mass is 16.3. The smallest absolute Gasteiger partial charge is 0.274 e. The molecule has 1 amide bonds. The molecule has 29 heavy (non-hydrogen) atoms. The number of hydrogen-bond acceptors (Lipinski definition) is 7. The van der Waals surface area contributed by atoms with Gasteiger partial charge in [-0.1, -0.05) is 12.8 Å². The van der Waals surface area contributed by atoms with Crippen LogP contribution in [0.1, 0.15) is 42.1 Å². The Morgan fingerprint density at radius 1 is 1.34 bits per heavy atom. The number of nitrogens with two attached hydrogens (primary N) is 1. The van der Waals surface area contributed by atoms with Crippen molar-refractivity contribution in [3.8, 4) is 0 Å². The van der Waals surface area contributed by atoms with Crippen LogP contribution in [-0.4, -0.2) is 43.3 Å². The van der Waals surface area contributed by atoms with E-state index in [1.807, 2.05) is 0 Å². The number of carbonyl (C=O) groups excluding carboxylic acids is 1. The quantitative estimate of drug-likeness (QED) is 0.508. The van der Waals surface area contributed by atoms with E-state index in [4.69, 9.17) is 5.73 Å². The van der Waals surface area contributed by atoms with Crippen LogP contribution in [0.25, 0.3) is 5.65 Å². The van der Waals surface area contributed by atoms with Crippen LogP contribution in [0.4, 0.5) is 17.3 Å². The number of amides is 1. The van der Waals surface area contributed by atoms with Crippen molar-refractivity contribution in [1.82, 2.24) is 19.2 Å². The number of aliphatic hydroxyl groups is 1. The molecule has 152 valence electrons. The van der Waals surface area contributed by atoms with Gasteiger partial charge in [-0.05, 0) is 25.0 Å². The zero-order chi connectivity index (χ0) is 20.5. The van der Waals surface area contributed by atoms with Gasteiger partial charge in [0.15, 0.2) is 5.65 Å². The predicted octanol–water partition coefficient (Wildman–Crippen LogP) is 1.25. The van der Waals surface area contributed by atoms with Gasteiger partial charge < -0.3 is 26.0 Å². The van der Waals surface area contributed by atoms with Crippen molar-refractivity contribution < 1.29 is 9.90 Å². The monoisotopic (exact) mass is 397 g/mol. The average Bonchev–Trinajstić information content (AvgIpc) is 3.14. The highest BCUT2D eigenvalue weighted by Gasteiger charge is 2.25. The van der Waals surface area contributed by atoms with Crippen molar-refractivity contribution in [2.24, 2.45) is 5.73 Å². The van der Waals surface area contributed by atoms with Crippen molar-refractivity contribution in [3.05, 3.63) is 46.5 Å². The van der Waals surface area contributed by atoms with Gasteiger partial charge in [0.25, 0.3) is 11.5 Å². The summed E-state index contributed by atoms with van der Waals surface area (Å²) in [6.45, 7) is 0. The highest BCUT2D eigenvalue weighted by Crippen LogP contribution is 2.28. The van der Waals surface area contributed by atoms with Crippen LogP contribution in [0.2, 0.25) is 0 Å². The number of aromatic nitrogens is 4. The SMILES string of the molecule is CNc1cc(Nc2cccn([C@H]3CCCC[C@H]3O)c2=O)nc2c(C(N)=O)cnn12. The Morgan fingerprint density at radius 3 is 2.86 bits per heavy atom. The van der Waals surface area contributed by atoms with Gasteiger partial charge in [0.05, 0.1) is 18.3 Å². The third-order valence-corrected chi connectivity index (χ3v) is 5.28. The van der Waals surface area contributed by atoms with E-state index < -0.39 is 12.0 Å². The standard InChI is InChI=1S/C19H23N7O3/c1-21-16-9-15(24-18-11(17(20)28)10-22-26(16)18)23-12-5-4-8-25(19(12)29)13-6-2-3-7-14(13)27/h4-5,8-10,13-14,21,27H,2-3,6-7H2,1H3,(H2,20,28)(H,23,24)/t13-,14+/m0/s1. The molecule has 5 N–H and O–H groups in total. The maximum atomic E-state index is 13.0. The Balaban J connectivity index is 1.73. The number of nitrogens with zero attached hydrogens (tertiary/aromatic N) is 4. The van der Waals surface area contributed by atoms with E-state index in [-0.39, 0.29) is 22.8 Å². The molecule has 0 aromatic carbocycles. The van der Waals surface area contributed by atoms with E-state index >= 15 is 0 Å². The number of hydrogen-bond donors (Lipinski definition) is 4. The molecule has 3 aromatic rings. The van der Waals surface area contributed by atoms with E-state index in [1.165, 1.54) is 10.7 Å². The first-order chi connectivity index (χ1) is 14.0. The molecule has 0 bridgehead atoms. The molecule has 1 aliphatic rings. The highest BCUT2D eigenvalue weighted by molar-refractivity contribution is 5.98. The normalized spacial score (nSPS) is 19.2. The van der Waals surface area contributed by atoms with Gasteiger partial charge in [0.1, 0.15) is 22.9 Å². The maximum Gasteiger partial charge on any atom is 0.274 e. The molecule has 10 heteroatoms. The molecule has 1 fully saturated rings. The molecule has 2 atom stereocenters. The lowest BCUT2D eigenvalue weighted by Gasteiger charge is -2.29.